The number of nitrogens with zero attached hydrogens (tertiary/aromatic N) is 1. The fourth-order valence-electron chi connectivity index (χ4n) is 2.50. The lowest BCUT2D eigenvalue weighted by molar-refractivity contribution is 0.0126. The Hall–Kier alpha value is -0.950. The van der Waals surface area contributed by atoms with E-state index in [-0.39, 0.29) is 10.9 Å². The summed E-state index contributed by atoms with van der Waals surface area (Å²) in [7, 11) is -3.51. The smallest absolute Gasteiger partial charge is 0.243 e. The van der Waals surface area contributed by atoms with Gasteiger partial charge in [-0.05, 0) is 43.9 Å². The monoisotopic (exact) mass is 312 g/mol. The second-order valence-electron chi connectivity index (χ2n) is 5.99. The lowest BCUT2D eigenvalue weighted by Crippen LogP contribution is -2.45. The van der Waals surface area contributed by atoms with Gasteiger partial charge in [-0.3, -0.25) is 0 Å². The maximum absolute atomic E-state index is 12.7. The van der Waals surface area contributed by atoms with E-state index in [4.69, 9.17) is 5.73 Å². The minimum absolute atomic E-state index is 0.151. The topological polar surface area (TPSA) is 83.6 Å². The fourth-order valence-corrected chi connectivity index (χ4v) is 4.00. The average molecular weight is 312 g/mol. The lowest BCUT2D eigenvalue weighted by atomic mass is 9.95. The van der Waals surface area contributed by atoms with Crippen molar-refractivity contribution in [2.45, 2.75) is 49.6 Å². The number of hydrogen-bond acceptors (Lipinski definition) is 4. The van der Waals surface area contributed by atoms with Crippen molar-refractivity contribution in [3.05, 3.63) is 29.8 Å². The van der Waals surface area contributed by atoms with Crippen molar-refractivity contribution in [3.8, 4) is 0 Å². The van der Waals surface area contributed by atoms with Gasteiger partial charge in [0.1, 0.15) is 0 Å². The molecule has 0 bridgehead atoms. The summed E-state index contributed by atoms with van der Waals surface area (Å²) in [6, 6.07) is 6.71. The molecule has 0 aromatic heterocycles. The van der Waals surface area contributed by atoms with E-state index >= 15 is 0 Å². The van der Waals surface area contributed by atoms with Crippen molar-refractivity contribution in [3.63, 3.8) is 0 Å². The summed E-state index contributed by atoms with van der Waals surface area (Å²) in [5.41, 5.74) is 6.05. The predicted octanol–water partition coefficient (Wildman–Crippen LogP) is 1.63. The van der Waals surface area contributed by atoms with E-state index in [0.717, 1.165) is 12.0 Å². The van der Waals surface area contributed by atoms with Crippen molar-refractivity contribution in [2.75, 3.05) is 13.1 Å². The van der Waals surface area contributed by atoms with Gasteiger partial charge < -0.3 is 10.8 Å². The zero-order chi connectivity index (χ0) is 15.7. The third kappa shape index (κ3) is 3.63. The molecule has 5 nitrogen and oxygen atoms in total. The molecule has 1 fully saturated rings. The Kier molecular flexibility index (Phi) is 4.72. The van der Waals surface area contributed by atoms with Crippen LogP contribution in [0.15, 0.2) is 29.2 Å². The Morgan fingerprint density at radius 2 is 2.00 bits per heavy atom. The highest BCUT2D eigenvalue weighted by atomic mass is 32.2. The summed E-state index contributed by atoms with van der Waals surface area (Å²) in [4.78, 5) is 0.283. The fraction of sp³-hybridized carbons (Fsp3) is 0.600. The van der Waals surface area contributed by atoms with E-state index < -0.39 is 15.6 Å². The first-order chi connectivity index (χ1) is 9.76. The number of nitrogens with two attached hydrogens (primary N) is 1. The molecule has 118 valence electrons. The molecule has 1 unspecified atom stereocenters. The molecule has 1 saturated heterocycles. The van der Waals surface area contributed by atoms with E-state index in [2.05, 4.69) is 0 Å². The summed E-state index contributed by atoms with van der Waals surface area (Å²) >= 11 is 0. The highest BCUT2D eigenvalue weighted by Gasteiger charge is 2.34. The number of piperidine rings is 1. The van der Waals surface area contributed by atoms with Gasteiger partial charge in [-0.25, -0.2) is 8.42 Å². The third-order valence-corrected chi connectivity index (χ3v) is 6.06. The molecule has 2 rings (SSSR count). The van der Waals surface area contributed by atoms with Crippen LogP contribution in [0.3, 0.4) is 0 Å². The van der Waals surface area contributed by atoms with Crippen molar-refractivity contribution in [1.29, 1.82) is 0 Å². The van der Waals surface area contributed by atoms with Crippen molar-refractivity contribution in [1.82, 2.24) is 4.31 Å². The van der Waals surface area contributed by atoms with Crippen LogP contribution in [0.4, 0.5) is 0 Å². The molecule has 1 aliphatic heterocycles. The first-order valence-electron chi connectivity index (χ1n) is 7.34. The Morgan fingerprint density at radius 3 is 2.57 bits per heavy atom. The summed E-state index contributed by atoms with van der Waals surface area (Å²) in [5.74, 6) is 0. The first kappa shape index (κ1) is 16.4. The first-order valence-corrected chi connectivity index (χ1v) is 8.78. The molecule has 0 saturated carbocycles. The van der Waals surface area contributed by atoms with Crippen LogP contribution in [0.1, 0.15) is 44.7 Å². The minimum Gasteiger partial charge on any atom is -0.390 e. The molecule has 6 heteroatoms. The van der Waals surface area contributed by atoms with Gasteiger partial charge in [0.25, 0.3) is 0 Å². The molecule has 0 spiro atoms. The summed E-state index contributed by atoms with van der Waals surface area (Å²) in [5, 5.41) is 9.94. The van der Waals surface area contributed by atoms with Crippen LogP contribution in [-0.4, -0.2) is 36.5 Å². The Bertz CT molecular complexity index is 589. The van der Waals surface area contributed by atoms with Crippen molar-refractivity contribution < 1.29 is 13.5 Å². The molecule has 21 heavy (non-hydrogen) atoms. The van der Waals surface area contributed by atoms with E-state index in [9.17, 15) is 13.5 Å². The second kappa shape index (κ2) is 6.04. The van der Waals surface area contributed by atoms with Crippen LogP contribution < -0.4 is 5.73 Å². The van der Waals surface area contributed by atoms with Gasteiger partial charge in [0, 0.05) is 19.1 Å². The standard InChI is InChI=1S/C15H24N2O3S/c1-3-14(16)12-5-4-6-13(11-12)21(19,20)17-9-7-15(2,18)8-10-17/h4-6,11,14,18H,3,7-10,16H2,1-2H3. The van der Waals surface area contributed by atoms with Gasteiger partial charge in [-0.2, -0.15) is 4.31 Å². The normalized spacial score (nSPS) is 21.1. The quantitative estimate of drug-likeness (QED) is 0.885. The van der Waals surface area contributed by atoms with Gasteiger partial charge >= 0.3 is 0 Å². The molecule has 1 aromatic carbocycles. The number of aliphatic hydroxyl groups is 1. The molecule has 1 heterocycles. The van der Waals surface area contributed by atoms with Crippen molar-refractivity contribution in [2.24, 2.45) is 5.73 Å². The van der Waals surface area contributed by atoms with E-state index in [0.29, 0.717) is 25.9 Å². The molecule has 0 amide bonds. The van der Waals surface area contributed by atoms with Gasteiger partial charge in [0.2, 0.25) is 10.0 Å². The van der Waals surface area contributed by atoms with Gasteiger partial charge in [0.15, 0.2) is 0 Å². The van der Waals surface area contributed by atoms with Crippen LogP contribution in [-0.2, 0) is 10.0 Å². The maximum Gasteiger partial charge on any atom is 0.243 e. The van der Waals surface area contributed by atoms with E-state index in [1.807, 2.05) is 13.0 Å². The van der Waals surface area contributed by atoms with Crippen LogP contribution in [0.25, 0.3) is 0 Å². The number of hydrogen-bond donors (Lipinski definition) is 2. The summed E-state index contributed by atoms with van der Waals surface area (Å²) in [6.45, 7) is 4.41. The SMILES string of the molecule is CCC(N)c1cccc(S(=O)(=O)N2CCC(C)(O)CC2)c1. The lowest BCUT2D eigenvalue weighted by Gasteiger charge is -2.35. The average Bonchev–Trinajstić information content (AvgIpc) is 2.46. The molecule has 1 aromatic rings. The van der Waals surface area contributed by atoms with Crippen LogP contribution in [0, 0.1) is 0 Å². The predicted molar refractivity (Wildman–Crippen MR) is 82.3 cm³/mol. The zero-order valence-electron chi connectivity index (χ0n) is 12.6. The highest BCUT2D eigenvalue weighted by molar-refractivity contribution is 7.89. The van der Waals surface area contributed by atoms with Gasteiger partial charge in [-0.15, -0.1) is 0 Å². The third-order valence-electron chi connectivity index (χ3n) is 4.16. The molecular weight excluding hydrogens is 288 g/mol. The molecule has 0 aliphatic carbocycles. The van der Waals surface area contributed by atoms with Gasteiger partial charge in [-0.1, -0.05) is 19.1 Å². The van der Waals surface area contributed by atoms with Crippen LogP contribution in [0.5, 0.6) is 0 Å². The summed E-state index contributed by atoms with van der Waals surface area (Å²) < 4.78 is 26.8. The summed E-state index contributed by atoms with van der Waals surface area (Å²) in [6.07, 6.45) is 1.68. The molecule has 3 N–H and O–H groups in total. The zero-order valence-corrected chi connectivity index (χ0v) is 13.4. The highest BCUT2D eigenvalue weighted by Crippen LogP contribution is 2.27. The molecular formula is C15H24N2O3S. The maximum atomic E-state index is 12.7. The molecule has 1 atom stereocenters. The van der Waals surface area contributed by atoms with Gasteiger partial charge in [0.05, 0.1) is 10.5 Å². The molecule has 0 radical (unpaired) electrons. The Morgan fingerprint density at radius 1 is 1.38 bits per heavy atom. The van der Waals surface area contributed by atoms with Crippen LogP contribution in [0.2, 0.25) is 0 Å². The van der Waals surface area contributed by atoms with Crippen molar-refractivity contribution >= 4 is 10.0 Å². The molecule has 1 aliphatic rings. The second-order valence-corrected chi connectivity index (χ2v) is 7.93. The Balaban J connectivity index is 2.24. The van der Waals surface area contributed by atoms with Crippen LogP contribution >= 0.6 is 0 Å². The number of benzene rings is 1. The minimum atomic E-state index is -3.51. The Labute approximate surface area is 126 Å². The van der Waals surface area contributed by atoms with E-state index in [1.165, 1.54) is 4.31 Å². The largest absolute Gasteiger partial charge is 0.390 e. The number of rotatable bonds is 4. The van der Waals surface area contributed by atoms with E-state index in [1.54, 1.807) is 25.1 Å². The number of sulfonamides is 1.